The summed E-state index contributed by atoms with van der Waals surface area (Å²) >= 11 is 0. The highest BCUT2D eigenvalue weighted by Crippen LogP contribution is 2.36. The predicted molar refractivity (Wildman–Crippen MR) is 106 cm³/mol. The van der Waals surface area contributed by atoms with E-state index in [1.807, 2.05) is 12.1 Å². The maximum Gasteiger partial charge on any atom is 0.258 e. The predicted octanol–water partition coefficient (Wildman–Crippen LogP) is 4.89. The Morgan fingerprint density at radius 2 is 2.07 bits per heavy atom. The van der Waals surface area contributed by atoms with Crippen LogP contribution < -0.4 is 5.73 Å². The van der Waals surface area contributed by atoms with Gasteiger partial charge in [-0.1, -0.05) is 23.4 Å². The molecule has 5 nitrogen and oxygen atoms in total. The Bertz CT molecular complexity index is 1140. The van der Waals surface area contributed by atoms with Crippen LogP contribution in [0.25, 0.3) is 33.7 Å². The lowest BCUT2D eigenvalue weighted by atomic mass is 10.0. The fraction of sp³-hybridized carbons (Fsp3) is 0.273. The summed E-state index contributed by atoms with van der Waals surface area (Å²) in [4.78, 5) is 4.68. The van der Waals surface area contributed by atoms with Crippen molar-refractivity contribution in [2.24, 2.45) is 5.73 Å². The number of rotatable bonds is 3. The molecule has 0 radical (unpaired) electrons. The maximum atomic E-state index is 6.20. The quantitative estimate of drug-likeness (QED) is 0.566. The van der Waals surface area contributed by atoms with Crippen LogP contribution in [0, 0.1) is 0 Å². The molecule has 1 unspecified atom stereocenters. The van der Waals surface area contributed by atoms with Crippen LogP contribution >= 0.6 is 0 Å². The fourth-order valence-electron chi connectivity index (χ4n) is 4.09. The minimum Gasteiger partial charge on any atom is -0.345 e. The molecule has 0 amide bonds. The molecule has 1 atom stereocenters. The molecule has 2 aromatic heterocycles. The topological polar surface area (TPSA) is 69.9 Å². The Morgan fingerprint density at radius 3 is 2.93 bits per heavy atom. The monoisotopic (exact) mass is 358 g/mol. The van der Waals surface area contributed by atoms with E-state index in [9.17, 15) is 0 Å². The van der Waals surface area contributed by atoms with E-state index in [1.165, 1.54) is 22.0 Å². The van der Waals surface area contributed by atoms with Crippen molar-refractivity contribution in [3.8, 4) is 22.8 Å². The number of benzene rings is 2. The van der Waals surface area contributed by atoms with E-state index in [0.717, 1.165) is 24.0 Å². The summed E-state index contributed by atoms with van der Waals surface area (Å²) in [6, 6.07) is 15.1. The van der Waals surface area contributed by atoms with Crippen LogP contribution in [0.3, 0.4) is 0 Å². The molecule has 0 saturated heterocycles. The summed E-state index contributed by atoms with van der Waals surface area (Å²) in [5.41, 5.74) is 11.8. The molecular weight excluding hydrogens is 336 g/mol. The SMILES string of the molecule is CC(C)n1ccc2cc(-c3nc(-c4cccc5c4CCC5N)no3)ccc21. The highest BCUT2D eigenvalue weighted by molar-refractivity contribution is 5.84. The van der Waals surface area contributed by atoms with Gasteiger partial charge in [0, 0.05) is 40.3 Å². The van der Waals surface area contributed by atoms with E-state index in [2.05, 4.69) is 65.1 Å². The smallest absolute Gasteiger partial charge is 0.258 e. The molecule has 2 heterocycles. The van der Waals surface area contributed by atoms with Crippen molar-refractivity contribution in [3.05, 3.63) is 59.8 Å². The molecule has 5 heteroatoms. The van der Waals surface area contributed by atoms with Crippen molar-refractivity contribution in [2.75, 3.05) is 0 Å². The zero-order valence-electron chi connectivity index (χ0n) is 15.5. The van der Waals surface area contributed by atoms with Crippen molar-refractivity contribution in [1.29, 1.82) is 0 Å². The Kier molecular flexibility index (Phi) is 3.65. The number of hydrogen-bond acceptors (Lipinski definition) is 4. The second-order valence-corrected chi connectivity index (χ2v) is 7.53. The van der Waals surface area contributed by atoms with Gasteiger partial charge in [-0.25, -0.2) is 0 Å². The van der Waals surface area contributed by atoms with Gasteiger partial charge in [0.05, 0.1) is 0 Å². The summed E-state index contributed by atoms with van der Waals surface area (Å²) in [6.07, 6.45) is 4.06. The third kappa shape index (κ3) is 2.58. The summed E-state index contributed by atoms with van der Waals surface area (Å²) in [5, 5.41) is 5.42. The van der Waals surface area contributed by atoms with Gasteiger partial charge in [0.15, 0.2) is 0 Å². The Morgan fingerprint density at radius 1 is 1.19 bits per heavy atom. The molecular formula is C22H22N4O. The van der Waals surface area contributed by atoms with Gasteiger partial charge in [-0.15, -0.1) is 0 Å². The number of nitrogens with zero attached hydrogens (tertiary/aromatic N) is 3. The fourth-order valence-corrected chi connectivity index (χ4v) is 4.09. The van der Waals surface area contributed by atoms with E-state index in [1.54, 1.807) is 0 Å². The van der Waals surface area contributed by atoms with E-state index < -0.39 is 0 Å². The standard InChI is InChI=1S/C22H22N4O/c1-13(2)26-11-10-14-12-15(6-9-20(14)26)22-24-21(25-27-22)18-5-3-4-17-16(18)7-8-19(17)23/h3-6,9-13,19H,7-8,23H2,1-2H3. The van der Waals surface area contributed by atoms with E-state index in [0.29, 0.717) is 17.8 Å². The first-order valence-corrected chi connectivity index (χ1v) is 9.44. The third-order valence-corrected chi connectivity index (χ3v) is 5.51. The van der Waals surface area contributed by atoms with Gasteiger partial charge in [0.2, 0.25) is 5.82 Å². The first kappa shape index (κ1) is 16.3. The van der Waals surface area contributed by atoms with E-state index >= 15 is 0 Å². The maximum absolute atomic E-state index is 6.20. The summed E-state index contributed by atoms with van der Waals surface area (Å²) in [5.74, 6) is 1.18. The lowest BCUT2D eigenvalue weighted by Crippen LogP contribution is -2.04. The lowest BCUT2D eigenvalue weighted by Gasteiger charge is -2.09. The van der Waals surface area contributed by atoms with Crippen LogP contribution in [-0.4, -0.2) is 14.7 Å². The van der Waals surface area contributed by atoms with Crippen LogP contribution in [0.1, 0.15) is 43.5 Å². The average Bonchev–Trinajstić information content (AvgIpc) is 3.39. The molecule has 2 N–H and O–H groups in total. The lowest BCUT2D eigenvalue weighted by molar-refractivity contribution is 0.432. The largest absolute Gasteiger partial charge is 0.345 e. The molecule has 136 valence electrons. The van der Waals surface area contributed by atoms with Crippen LogP contribution in [0.5, 0.6) is 0 Å². The first-order valence-electron chi connectivity index (χ1n) is 9.44. The van der Waals surface area contributed by atoms with Crippen molar-refractivity contribution in [2.45, 2.75) is 38.8 Å². The Labute approximate surface area is 157 Å². The first-order chi connectivity index (χ1) is 13.1. The second kappa shape index (κ2) is 6.06. The summed E-state index contributed by atoms with van der Waals surface area (Å²) in [7, 11) is 0. The molecule has 2 aromatic carbocycles. The van der Waals surface area contributed by atoms with Gasteiger partial charge in [0.1, 0.15) is 0 Å². The Hall–Kier alpha value is -2.92. The molecule has 0 aliphatic heterocycles. The van der Waals surface area contributed by atoms with Crippen LogP contribution in [0.2, 0.25) is 0 Å². The zero-order chi connectivity index (χ0) is 18.5. The molecule has 0 saturated carbocycles. The van der Waals surface area contributed by atoms with Gasteiger partial charge >= 0.3 is 0 Å². The molecule has 4 aromatic rings. The van der Waals surface area contributed by atoms with Crippen molar-refractivity contribution < 1.29 is 4.52 Å². The second-order valence-electron chi connectivity index (χ2n) is 7.53. The van der Waals surface area contributed by atoms with Crippen LogP contribution in [-0.2, 0) is 6.42 Å². The minimum atomic E-state index is 0.110. The van der Waals surface area contributed by atoms with Gasteiger partial charge in [-0.2, -0.15) is 4.98 Å². The highest BCUT2D eigenvalue weighted by Gasteiger charge is 2.24. The molecule has 0 fully saturated rings. The van der Waals surface area contributed by atoms with E-state index in [4.69, 9.17) is 10.3 Å². The Balaban J connectivity index is 1.54. The summed E-state index contributed by atoms with van der Waals surface area (Å²) in [6.45, 7) is 4.36. The number of fused-ring (bicyclic) bond motifs is 2. The van der Waals surface area contributed by atoms with Gasteiger partial charge in [-0.05, 0) is 62.1 Å². The summed E-state index contributed by atoms with van der Waals surface area (Å²) < 4.78 is 7.85. The number of hydrogen-bond donors (Lipinski definition) is 1. The number of aromatic nitrogens is 3. The molecule has 1 aliphatic rings. The van der Waals surface area contributed by atoms with Gasteiger partial charge < -0.3 is 14.8 Å². The van der Waals surface area contributed by atoms with Crippen molar-refractivity contribution >= 4 is 10.9 Å². The molecule has 0 bridgehead atoms. The van der Waals surface area contributed by atoms with Crippen LogP contribution in [0.15, 0.2) is 53.2 Å². The van der Waals surface area contributed by atoms with Crippen molar-refractivity contribution in [3.63, 3.8) is 0 Å². The normalized spacial score (nSPS) is 16.4. The van der Waals surface area contributed by atoms with Gasteiger partial charge in [-0.3, -0.25) is 0 Å². The average molecular weight is 358 g/mol. The number of nitrogens with two attached hydrogens (primary N) is 1. The molecule has 1 aliphatic carbocycles. The zero-order valence-corrected chi connectivity index (χ0v) is 15.5. The van der Waals surface area contributed by atoms with E-state index in [-0.39, 0.29) is 6.04 Å². The van der Waals surface area contributed by atoms with Crippen LogP contribution in [0.4, 0.5) is 0 Å². The third-order valence-electron chi connectivity index (χ3n) is 5.51. The minimum absolute atomic E-state index is 0.110. The van der Waals surface area contributed by atoms with Gasteiger partial charge in [0.25, 0.3) is 5.89 Å². The molecule has 27 heavy (non-hydrogen) atoms. The van der Waals surface area contributed by atoms with Crippen molar-refractivity contribution in [1.82, 2.24) is 14.7 Å². The molecule has 0 spiro atoms. The highest BCUT2D eigenvalue weighted by atomic mass is 16.5. The molecule has 5 rings (SSSR count).